The first-order chi connectivity index (χ1) is 14.8. The van der Waals surface area contributed by atoms with Gasteiger partial charge in [0.05, 0.1) is 21.1 Å². The topological polar surface area (TPSA) is 102 Å². The maximum atomic E-state index is 13.2. The molecule has 10 heteroatoms. The average molecular weight is 463 g/mol. The molecular formula is C21H20Cl2N4O4. The van der Waals surface area contributed by atoms with Gasteiger partial charge in [-0.05, 0) is 30.7 Å². The molecule has 2 amide bonds. The van der Waals surface area contributed by atoms with Crippen molar-refractivity contribution in [1.82, 2.24) is 14.9 Å². The van der Waals surface area contributed by atoms with E-state index < -0.39 is 5.91 Å². The number of ether oxygens (including phenoxy) is 1. The molecular weight excluding hydrogens is 443 g/mol. The first kappa shape index (κ1) is 22.7. The molecule has 0 fully saturated rings. The predicted octanol–water partition coefficient (Wildman–Crippen LogP) is 3.76. The second kappa shape index (κ2) is 9.91. The lowest BCUT2D eigenvalue weighted by atomic mass is 10.1. The van der Waals surface area contributed by atoms with E-state index in [1.165, 1.54) is 29.8 Å². The number of hydrogen-bond donors (Lipinski definition) is 2. The summed E-state index contributed by atoms with van der Waals surface area (Å²) in [5.41, 5.74) is 0.837. The van der Waals surface area contributed by atoms with E-state index in [1.807, 2.05) is 0 Å². The fourth-order valence-corrected chi connectivity index (χ4v) is 3.71. The van der Waals surface area contributed by atoms with Crippen LogP contribution in [0.4, 0.5) is 5.82 Å². The highest BCUT2D eigenvalue weighted by Crippen LogP contribution is 2.30. The van der Waals surface area contributed by atoms with Crippen molar-refractivity contribution in [2.45, 2.75) is 13.3 Å². The molecule has 0 spiro atoms. The minimum atomic E-state index is -0.475. The van der Waals surface area contributed by atoms with E-state index in [1.54, 1.807) is 25.4 Å². The van der Waals surface area contributed by atoms with Gasteiger partial charge in [0.2, 0.25) is 5.91 Å². The van der Waals surface area contributed by atoms with E-state index in [2.05, 4.69) is 15.6 Å². The van der Waals surface area contributed by atoms with E-state index >= 15 is 0 Å². The van der Waals surface area contributed by atoms with Gasteiger partial charge in [-0.15, -0.1) is 0 Å². The van der Waals surface area contributed by atoms with Crippen LogP contribution in [0.1, 0.15) is 34.1 Å². The van der Waals surface area contributed by atoms with E-state index in [4.69, 9.17) is 27.9 Å². The smallest absolute Gasteiger partial charge is 0.265 e. The third-order valence-corrected chi connectivity index (χ3v) is 5.06. The van der Waals surface area contributed by atoms with Crippen molar-refractivity contribution < 1.29 is 19.1 Å². The number of amides is 2. The zero-order valence-corrected chi connectivity index (χ0v) is 18.4. The van der Waals surface area contributed by atoms with Crippen molar-refractivity contribution in [3.63, 3.8) is 0 Å². The molecule has 0 saturated heterocycles. The van der Waals surface area contributed by atoms with Crippen LogP contribution in [0.5, 0.6) is 0 Å². The number of hydrogen-bond acceptors (Lipinski definition) is 5. The molecule has 2 heterocycles. The molecule has 0 aliphatic heterocycles. The molecule has 0 saturated carbocycles. The van der Waals surface area contributed by atoms with Gasteiger partial charge in [-0.1, -0.05) is 23.2 Å². The van der Waals surface area contributed by atoms with Crippen LogP contribution in [0.15, 0.2) is 36.7 Å². The summed E-state index contributed by atoms with van der Waals surface area (Å²) < 4.78 is 6.30. The third-order valence-electron chi connectivity index (χ3n) is 4.46. The van der Waals surface area contributed by atoms with Crippen molar-refractivity contribution in [3.05, 3.63) is 57.8 Å². The monoisotopic (exact) mass is 462 g/mol. The molecule has 31 heavy (non-hydrogen) atoms. The Morgan fingerprint density at radius 2 is 1.87 bits per heavy atom. The van der Waals surface area contributed by atoms with Crippen LogP contribution in [0.3, 0.4) is 0 Å². The number of aromatic nitrogens is 2. The molecule has 1 aromatic carbocycles. The second-order valence-corrected chi connectivity index (χ2v) is 7.50. The van der Waals surface area contributed by atoms with Crippen LogP contribution < -0.4 is 10.6 Å². The highest BCUT2D eigenvalue weighted by Gasteiger charge is 2.21. The second-order valence-electron chi connectivity index (χ2n) is 6.68. The summed E-state index contributed by atoms with van der Waals surface area (Å²) in [6, 6.07) is 6.11. The normalized spacial score (nSPS) is 10.8. The summed E-state index contributed by atoms with van der Waals surface area (Å²) in [6.45, 7) is 2.33. The molecule has 8 nitrogen and oxygen atoms in total. The van der Waals surface area contributed by atoms with Crippen LogP contribution in [0.2, 0.25) is 10.0 Å². The number of anilines is 1. The van der Waals surface area contributed by atoms with Gasteiger partial charge < -0.3 is 15.4 Å². The lowest BCUT2D eigenvalue weighted by Crippen LogP contribution is -2.25. The number of carbonyl (C=O) groups excluding carboxylic acids is 3. The summed E-state index contributed by atoms with van der Waals surface area (Å²) >= 11 is 12.7. The van der Waals surface area contributed by atoms with E-state index in [-0.39, 0.29) is 33.0 Å². The first-order valence-corrected chi connectivity index (χ1v) is 10.1. The number of benzene rings is 1. The minimum Gasteiger partial charge on any atom is -0.385 e. The molecule has 0 radical (unpaired) electrons. The number of nitrogens with one attached hydrogen (secondary N) is 2. The Kier molecular flexibility index (Phi) is 7.27. The molecule has 3 rings (SSSR count). The fraction of sp³-hybridized carbons (Fsp3) is 0.238. The van der Waals surface area contributed by atoms with Crippen LogP contribution in [0.25, 0.3) is 10.9 Å². The van der Waals surface area contributed by atoms with Gasteiger partial charge in [-0.25, -0.2) is 4.98 Å². The maximum absolute atomic E-state index is 13.2. The van der Waals surface area contributed by atoms with E-state index in [0.29, 0.717) is 36.3 Å². The number of pyridine rings is 1. The molecule has 2 N–H and O–H groups in total. The highest BCUT2D eigenvalue weighted by atomic mass is 35.5. The van der Waals surface area contributed by atoms with Crippen LogP contribution in [-0.4, -0.2) is 47.5 Å². The number of rotatable bonds is 7. The quantitative estimate of drug-likeness (QED) is 0.520. The van der Waals surface area contributed by atoms with Gasteiger partial charge >= 0.3 is 0 Å². The molecule has 2 aromatic heterocycles. The van der Waals surface area contributed by atoms with Gasteiger partial charge in [0.25, 0.3) is 11.8 Å². The largest absolute Gasteiger partial charge is 0.385 e. The Balaban J connectivity index is 1.90. The number of carbonyl (C=O) groups is 3. The van der Waals surface area contributed by atoms with Crippen molar-refractivity contribution in [1.29, 1.82) is 0 Å². The highest BCUT2D eigenvalue weighted by molar-refractivity contribution is 6.40. The molecule has 162 valence electrons. The standard InChI is InChI=1S/C21H20Cl2N4O4/c1-12(28)26-19-14-5-8-27(17(14)4-7-24-19)21(30)18-15(22)10-13(11-16(18)23)20(29)25-6-3-9-31-2/h4-5,7-8,10-11H,3,6,9H2,1-2H3,(H,25,29)(H,24,26,28). The van der Waals surface area contributed by atoms with E-state index in [0.717, 1.165) is 0 Å². The van der Waals surface area contributed by atoms with Crippen LogP contribution in [0, 0.1) is 0 Å². The summed E-state index contributed by atoms with van der Waals surface area (Å²) in [6.07, 6.45) is 3.69. The van der Waals surface area contributed by atoms with Crippen molar-refractivity contribution in [3.8, 4) is 0 Å². The molecule has 0 unspecified atom stereocenters. The van der Waals surface area contributed by atoms with Gasteiger partial charge in [0.15, 0.2) is 0 Å². The fourth-order valence-electron chi connectivity index (χ4n) is 3.06. The van der Waals surface area contributed by atoms with Crippen molar-refractivity contribution in [2.75, 3.05) is 25.6 Å². The van der Waals surface area contributed by atoms with Crippen molar-refractivity contribution >= 4 is 57.6 Å². The van der Waals surface area contributed by atoms with Gasteiger partial charge in [0, 0.05) is 50.5 Å². The predicted molar refractivity (Wildman–Crippen MR) is 119 cm³/mol. The van der Waals surface area contributed by atoms with E-state index in [9.17, 15) is 14.4 Å². The zero-order chi connectivity index (χ0) is 22.5. The molecule has 0 aliphatic carbocycles. The summed E-state index contributed by atoms with van der Waals surface area (Å²) in [5, 5.41) is 6.07. The summed E-state index contributed by atoms with van der Waals surface area (Å²) in [4.78, 5) is 41.0. The number of halogens is 2. The summed E-state index contributed by atoms with van der Waals surface area (Å²) in [5.74, 6) is -0.760. The van der Waals surface area contributed by atoms with Crippen LogP contribution in [-0.2, 0) is 9.53 Å². The average Bonchev–Trinajstić information content (AvgIpc) is 3.15. The molecule has 0 bridgehead atoms. The number of fused-ring (bicyclic) bond motifs is 1. The minimum absolute atomic E-state index is 0.0533. The summed E-state index contributed by atoms with van der Waals surface area (Å²) in [7, 11) is 1.59. The number of methoxy groups -OCH3 is 1. The third kappa shape index (κ3) is 5.04. The van der Waals surface area contributed by atoms with Gasteiger partial charge in [-0.2, -0.15) is 0 Å². The van der Waals surface area contributed by atoms with Gasteiger partial charge in [0.1, 0.15) is 5.82 Å². The Labute approximate surface area is 188 Å². The van der Waals surface area contributed by atoms with Gasteiger partial charge in [-0.3, -0.25) is 19.0 Å². The first-order valence-electron chi connectivity index (χ1n) is 9.38. The zero-order valence-electron chi connectivity index (χ0n) is 16.9. The van der Waals surface area contributed by atoms with Crippen molar-refractivity contribution in [2.24, 2.45) is 0 Å². The maximum Gasteiger partial charge on any atom is 0.265 e. The Morgan fingerprint density at radius 1 is 1.16 bits per heavy atom. The lowest BCUT2D eigenvalue weighted by molar-refractivity contribution is -0.114. The Hall–Kier alpha value is -2.94. The molecule has 0 atom stereocenters. The molecule has 0 aliphatic rings. The molecule has 3 aromatic rings. The lowest BCUT2D eigenvalue weighted by Gasteiger charge is -2.11. The Bertz CT molecular complexity index is 1140. The number of nitrogens with zero attached hydrogens (tertiary/aromatic N) is 2. The van der Waals surface area contributed by atoms with Crippen LogP contribution >= 0.6 is 23.2 Å². The Morgan fingerprint density at radius 3 is 2.52 bits per heavy atom. The SMILES string of the molecule is COCCCNC(=O)c1cc(Cl)c(C(=O)n2ccc3c(NC(C)=O)nccc32)c(Cl)c1.